The van der Waals surface area contributed by atoms with Gasteiger partial charge in [0.2, 0.25) is 0 Å². The molecule has 46 heavy (non-hydrogen) atoms. The maximum absolute atomic E-state index is 5.06. The summed E-state index contributed by atoms with van der Waals surface area (Å²) in [6.45, 7) is 0. The number of benzene rings is 5. The third-order valence-corrected chi connectivity index (χ3v) is 7.91. The van der Waals surface area contributed by atoms with Gasteiger partial charge in [0, 0.05) is 33.2 Å². The van der Waals surface area contributed by atoms with Gasteiger partial charge in [0.05, 0.1) is 28.3 Å². The first-order valence-corrected chi connectivity index (χ1v) is 15.2. The van der Waals surface area contributed by atoms with Crippen molar-refractivity contribution < 1.29 is 0 Å². The lowest BCUT2D eigenvalue weighted by Gasteiger charge is -2.12. The Balaban J connectivity index is 1.27. The van der Waals surface area contributed by atoms with Gasteiger partial charge in [0.15, 0.2) is 11.6 Å². The predicted molar refractivity (Wildman–Crippen MR) is 186 cm³/mol. The lowest BCUT2D eigenvalue weighted by atomic mass is 10.0. The van der Waals surface area contributed by atoms with E-state index in [0.717, 1.165) is 67.2 Å². The molecule has 0 amide bonds. The summed E-state index contributed by atoms with van der Waals surface area (Å²) in [6.07, 6.45) is 0. The van der Waals surface area contributed by atoms with Gasteiger partial charge in [-0.2, -0.15) is 0 Å². The highest BCUT2D eigenvalue weighted by Gasteiger charge is 2.15. The molecule has 0 unspecified atom stereocenters. The number of pyridine rings is 1. The van der Waals surface area contributed by atoms with Crippen molar-refractivity contribution in [1.82, 2.24) is 24.9 Å². The van der Waals surface area contributed by atoms with Crippen LogP contribution in [-0.2, 0) is 0 Å². The molecule has 0 fully saturated rings. The van der Waals surface area contributed by atoms with Gasteiger partial charge in [-0.15, -0.1) is 0 Å². The van der Waals surface area contributed by atoms with Crippen molar-refractivity contribution in [2.24, 2.45) is 0 Å². The van der Waals surface area contributed by atoms with Crippen LogP contribution in [0.1, 0.15) is 0 Å². The van der Waals surface area contributed by atoms with Gasteiger partial charge in [-0.1, -0.05) is 133 Å². The van der Waals surface area contributed by atoms with E-state index in [9.17, 15) is 0 Å². The van der Waals surface area contributed by atoms with Crippen LogP contribution >= 0.6 is 0 Å². The molecular formula is C41H27N5. The van der Waals surface area contributed by atoms with Crippen molar-refractivity contribution in [2.45, 2.75) is 0 Å². The molecule has 0 saturated carbocycles. The Bertz CT molecular complexity index is 2250. The minimum Gasteiger partial charge on any atom is -0.244 e. The summed E-state index contributed by atoms with van der Waals surface area (Å²) in [5.74, 6) is 1.22. The van der Waals surface area contributed by atoms with Gasteiger partial charge in [0.1, 0.15) is 5.69 Å². The van der Waals surface area contributed by atoms with E-state index < -0.39 is 0 Å². The zero-order valence-electron chi connectivity index (χ0n) is 24.8. The molecule has 0 spiro atoms. The molecule has 0 aliphatic carbocycles. The fraction of sp³-hybridized carbons (Fsp3) is 0. The maximum Gasteiger partial charge on any atom is 0.179 e. The van der Waals surface area contributed by atoms with Crippen molar-refractivity contribution in [3.05, 3.63) is 164 Å². The molecule has 5 heteroatoms. The van der Waals surface area contributed by atoms with Crippen LogP contribution in [0.2, 0.25) is 0 Å². The Hall–Kier alpha value is -6.33. The number of fused-ring (bicyclic) bond motifs is 1. The Labute approximate surface area is 267 Å². The third-order valence-electron chi connectivity index (χ3n) is 7.91. The quantitative estimate of drug-likeness (QED) is 0.193. The molecule has 0 N–H and O–H groups in total. The average Bonchev–Trinajstić information content (AvgIpc) is 3.15. The summed E-state index contributed by atoms with van der Waals surface area (Å²) >= 11 is 0. The van der Waals surface area contributed by atoms with Crippen molar-refractivity contribution in [2.75, 3.05) is 0 Å². The summed E-state index contributed by atoms with van der Waals surface area (Å²) in [5, 5.41) is 1.07. The first kappa shape index (κ1) is 27.2. The monoisotopic (exact) mass is 589 g/mol. The smallest absolute Gasteiger partial charge is 0.179 e. The molecule has 3 aromatic heterocycles. The van der Waals surface area contributed by atoms with Gasteiger partial charge >= 0.3 is 0 Å². The van der Waals surface area contributed by atoms with Gasteiger partial charge in [-0.3, -0.25) is 0 Å². The molecule has 8 rings (SSSR count). The minimum atomic E-state index is 0.571. The lowest BCUT2D eigenvalue weighted by Crippen LogP contribution is -1.98. The van der Waals surface area contributed by atoms with Crippen molar-refractivity contribution in [1.29, 1.82) is 0 Å². The minimum absolute atomic E-state index is 0.571. The van der Waals surface area contributed by atoms with Crippen LogP contribution in [0, 0.1) is 0 Å². The summed E-state index contributed by atoms with van der Waals surface area (Å²) in [6, 6.07) is 55.1. The van der Waals surface area contributed by atoms with E-state index in [4.69, 9.17) is 24.9 Å². The molecule has 0 radical (unpaired) electrons. The molecule has 5 aromatic carbocycles. The van der Waals surface area contributed by atoms with E-state index >= 15 is 0 Å². The third kappa shape index (κ3) is 5.53. The first-order valence-electron chi connectivity index (χ1n) is 15.2. The average molecular weight is 590 g/mol. The van der Waals surface area contributed by atoms with Crippen LogP contribution < -0.4 is 0 Å². The van der Waals surface area contributed by atoms with E-state index in [1.165, 1.54) is 0 Å². The second kappa shape index (κ2) is 12.0. The number of nitrogens with zero attached hydrogens (tertiary/aromatic N) is 5. The molecule has 216 valence electrons. The Morgan fingerprint density at radius 1 is 0.261 bits per heavy atom. The van der Waals surface area contributed by atoms with E-state index in [1.54, 1.807) is 0 Å². The highest BCUT2D eigenvalue weighted by Crippen LogP contribution is 2.32. The molecule has 3 heterocycles. The van der Waals surface area contributed by atoms with Crippen LogP contribution in [0.5, 0.6) is 0 Å². The zero-order valence-corrected chi connectivity index (χ0v) is 24.8. The topological polar surface area (TPSA) is 64.5 Å². The fourth-order valence-corrected chi connectivity index (χ4v) is 5.56. The Morgan fingerprint density at radius 2 is 0.717 bits per heavy atom. The highest BCUT2D eigenvalue weighted by atomic mass is 14.9. The molecule has 0 saturated heterocycles. The van der Waals surface area contributed by atoms with Crippen LogP contribution in [0.15, 0.2) is 164 Å². The highest BCUT2D eigenvalue weighted by molar-refractivity contribution is 5.82. The van der Waals surface area contributed by atoms with E-state index in [0.29, 0.717) is 11.6 Å². The number of aromatic nitrogens is 5. The van der Waals surface area contributed by atoms with E-state index in [2.05, 4.69) is 66.7 Å². The molecular weight excluding hydrogens is 562 g/mol. The standard InChI is InChI=1S/C41H27N5/c1-4-13-28(14-5-1)36-26-37(29-15-6-2-7-16-29)44-40(43-36)33-21-12-20-32(25-33)39-27-38(30-17-8-3-9-18-30)45-41(46-39)35-24-23-31-19-10-11-22-34(31)42-35/h1-27H. The zero-order chi connectivity index (χ0) is 30.7. The Morgan fingerprint density at radius 3 is 1.30 bits per heavy atom. The fourth-order valence-electron chi connectivity index (χ4n) is 5.56. The number of rotatable bonds is 6. The van der Waals surface area contributed by atoms with E-state index in [1.807, 2.05) is 97.1 Å². The molecule has 8 aromatic rings. The summed E-state index contributed by atoms with van der Waals surface area (Å²) in [4.78, 5) is 25.0. The van der Waals surface area contributed by atoms with Crippen LogP contribution in [-0.4, -0.2) is 24.9 Å². The maximum atomic E-state index is 5.06. The van der Waals surface area contributed by atoms with Gasteiger partial charge < -0.3 is 0 Å². The predicted octanol–water partition coefficient (Wildman–Crippen LogP) is 9.82. The van der Waals surface area contributed by atoms with Crippen LogP contribution in [0.25, 0.3) is 78.8 Å². The molecule has 0 bridgehead atoms. The molecule has 5 nitrogen and oxygen atoms in total. The largest absolute Gasteiger partial charge is 0.244 e. The van der Waals surface area contributed by atoms with Gasteiger partial charge in [0.25, 0.3) is 0 Å². The molecule has 0 aliphatic rings. The number of hydrogen-bond acceptors (Lipinski definition) is 5. The van der Waals surface area contributed by atoms with Gasteiger partial charge in [-0.25, -0.2) is 24.9 Å². The summed E-state index contributed by atoms with van der Waals surface area (Å²) in [7, 11) is 0. The summed E-state index contributed by atoms with van der Waals surface area (Å²) < 4.78 is 0. The number of para-hydroxylation sites is 1. The van der Waals surface area contributed by atoms with Crippen molar-refractivity contribution in [3.8, 4) is 67.9 Å². The lowest BCUT2D eigenvalue weighted by molar-refractivity contribution is 1.15. The molecule has 0 atom stereocenters. The Kier molecular flexibility index (Phi) is 7.09. The summed E-state index contributed by atoms with van der Waals surface area (Å²) in [5.41, 5.74) is 9.91. The van der Waals surface area contributed by atoms with E-state index in [-0.39, 0.29) is 0 Å². The molecule has 0 aliphatic heterocycles. The van der Waals surface area contributed by atoms with Crippen LogP contribution in [0.4, 0.5) is 0 Å². The SMILES string of the molecule is c1ccc(-c2cc(-c3ccccc3)nc(-c3cccc(-c4cc(-c5ccccc5)nc(-c5ccc6ccccc6n5)n4)c3)n2)cc1. The second-order valence-electron chi connectivity index (χ2n) is 11.0. The first-order chi connectivity index (χ1) is 22.8. The normalized spacial score (nSPS) is 11.0. The van der Waals surface area contributed by atoms with Crippen LogP contribution in [0.3, 0.4) is 0 Å². The van der Waals surface area contributed by atoms with Crippen molar-refractivity contribution in [3.63, 3.8) is 0 Å². The second-order valence-corrected chi connectivity index (χ2v) is 11.0. The van der Waals surface area contributed by atoms with Crippen molar-refractivity contribution >= 4 is 10.9 Å². The number of hydrogen-bond donors (Lipinski definition) is 0. The van der Waals surface area contributed by atoms with Gasteiger partial charge in [-0.05, 0) is 30.3 Å².